The van der Waals surface area contributed by atoms with Gasteiger partial charge in [0.2, 0.25) is 5.91 Å². The van der Waals surface area contributed by atoms with Gasteiger partial charge in [-0.2, -0.15) is 13.2 Å². The van der Waals surface area contributed by atoms with Crippen molar-refractivity contribution < 1.29 is 22.4 Å². The van der Waals surface area contributed by atoms with E-state index in [1.165, 1.54) is 6.07 Å². The predicted octanol–water partition coefficient (Wildman–Crippen LogP) is 7.39. The fourth-order valence-corrected chi connectivity index (χ4v) is 5.69. The van der Waals surface area contributed by atoms with Crippen LogP contribution in [0, 0.1) is 11.8 Å². The number of hydrogen-bond acceptors (Lipinski definition) is 3. The van der Waals surface area contributed by atoms with E-state index >= 15 is 0 Å². The molecule has 3 heterocycles. The molecule has 1 saturated carbocycles. The summed E-state index contributed by atoms with van der Waals surface area (Å²) in [7, 11) is 0. The Labute approximate surface area is 222 Å². The molecule has 1 atom stereocenters. The van der Waals surface area contributed by atoms with Crippen LogP contribution in [0.15, 0.2) is 77.4 Å². The number of halogens is 3. The lowest BCUT2D eigenvalue weighted by Gasteiger charge is -2.18. The van der Waals surface area contributed by atoms with Gasteiger partial charge in [0.1, 0.15) is 11.4 Å². The van der Waals surface area contributed by atoms with Gasteiger partial charge in [0.25, 0.3) is 0 Å². The lowest BCUT2D eigenvalue weighted by molar-refractivity contribution is -0.137. The highest BCUT2D eigenvalue weighted by Crippen LogP contribution is 2.36. The van der Waals surface area contributed by atoms with E-state index in [9.17, 15) is 18.0 Å². The van der Waals surface area contributed by atoms with Gasteiger partial charge in [-0.3, -0.25) is 4.79 Å². The molecule has 0 N–H and O–H groups in total. The van der Waals surface area contributed by atoms with Crippen LogP contribution in [0.2, 0.25) is 0 Å². The van der Waals surface area contributed by atoms with E-state index in [2.05, 4.69) is 0 Å². The maximum atomic E-state index is 13.5. The Morgan fingerprint density at radius 3 is 2.46 bits per heavy atom. The third-order valence-corrected chi connectivity index (χ3v) is 7.97. The Balaban J connectivity index is 1.24. The maximum Gasteiger partial charge on any atom is 0.416 e. The molecular formula is C31H26F3N3O2. The second kappa shape index (κ2) is 9.00. The number of benzene rings is 3. The third kappa shape index (κ3) is 4.47. The van der Waals surface area contributed by atoms with Crippen molar-refractivity contribution in [3.05, 3.63) is 78.6 Å². The van der Waals surface area contributed by atoms with Crippen molar-refractivity contribution in [1.29, 1.82) is 0 Å². The average molecular weight is 530 g/mol. The molecule has 1 unspecified atom stereocenters. The number of rotatable bonds is 5. The monoisotopic (exact) mass is 529 g/mol. The number of furan rings is 1. The molecule has 1 aliphatic carbocycles. The van der Waals surface area contributed by atoms with Crippen LogP contribution in [-0.4, -0.2) is 33.4 Å². The quantitative estimate of drug-likeness (QED) is 0.239. The topological polar surface area (TPSA) is 51.3 Å². The molecule has 2 fully saturated rings. The number of amides is 1. The van der Waals surface area contributed by atoms with Crippen LogP contribution < -0.4 is 0 Å². The molecule has 1 saturated heterocycles. The largest absolute Gasteiger partial charge is 0.464 e. The smallest absolute Gasteiger partial charge is 0.416 e. The van der Waals surface area contributed by atoms with Crippen molar-refractivity contribution in [2.75, 3.05) is 13.1 Å². The number of carbonyl (C=O) groups excluding carboxylic acids is 1. The number of aromatic nitrogens is 2. The molecule has 2 aliphatic rings. The molecule has 0 radical (unpaired) electrons. The van der Waals surface area contributed by atoms with Crippen LogP contribution in [0.4, 0.5) is 13.2 Å². The SMILES string of the molecule is O=C(C1CC1)N1CCC(Cn2c(-c3ccc(-c4ccc5ccoc5c4)cc3)nc3cc(C(F)(F)F)ccc32)C1. The Morgan fingerprint density at radius 1 is 0.923 bits per heavy atom. The fourth-order valence-electron chi connectivity index (χ4n) is 5.69. The number of nitrogens with zero attached hydrogens (tertiary/aromatic N) is 3. The lowest BCUT2D eigenvalue weighted by atomic mass is 10.0. The van der Waals surface area contributed by atoms with E-state index in [-0.39, 0.29) is 17.7 Å². The normalized spacial score (nSPS) is 17.9. The van der Waals surface area contributed by atoms with Crippen LogP contribution in [0.1, 0.15) is 24.8 Å². The summed E-state index contributed by atoms with van der Waals surface area (Å²) in [6.07, 6.45) is 0.0421. The number of carbonyl (C=O) groups is 1. The molecule has 3 aromatic carbocycles. The molecule has 1 amide bonds. The molecule has 39 heavy (non-hydrogen) atoms. The first-order chi connectivity index (χ1) is 18.8. The number of imidazole rings is 1. The molecule has 1 aliphatic heterocycles. The van der Waals surface area contributed by atoms with Crippen molar-refractivity contribution in [3.8, 4) is 22.5 Å². The first-order valence-electron chi connectivity index (χ1n) is 13.3. The third-order valence-electron chi connectivity index (χ3n) is 7.97. The van der Waals surface area contributed by atoms with Crippen molar-refractivity contribution in [3.63, 3.8) is 0 Å². The summed E-state index contributed by atoms with van der Waals surface area (Å²) in [6.45, 7) is 1.99. The number of alkyl halides is 3. The Bertz CT molecular complexity index is 1700. The lowest BCUT2D eigenvalue weighted by Crippen LogP contribution is -2.30. The summed E-state index contributed by atoms with van der Waals surface area (Å²) in [5.41, 5.74) is 3.92. The summed E-state index contributed by atoms with van der Waals surface area (Å²) in [5, 5.41) is 1.03. The van der Waals surface area contributed by atoms with E-state index in [4.69, 9.17) is 9.40 Å². The number of likely N-dealkylation sites (tertiary alicyclic amines) is 1. The van der Waals surface area contributed by atoms with Gasteiger partial charge in [-0.25, -0.2) is 4.98 Å². The van der Waals surface area contributed by atoms with E-state index in [0.717, 1.165) is 65.6 Å². The molecule has 0 spiro atoms. The zero-order chi connectivity index (χ0) is 26.7. The van der Waals surface area contributed by atoms with Crippen molar-refractivity contribution in [1.82, 2.24) is 14.5 Å². The zero-order valence-corrected chi connectivity index (χ0v) is 21.1. The highest BCUT2D eigenvalue weighted by molar-refractivity contribution is 5.85. The van der Waals surface area contributed by atoms with Gasteiger partial charge in [0, 0.05) is 36.5 Å². The second-order valence-electron chi connectivity index (χ2n) is 10.7. The zero-order valence-electron chi connectivity index (χ0n) is 21.1. The van der Waals surface area contributed by atoms with Crippen molar-refractivity contribution in [2.45, 2.75) is 32.0 Å². The molecule has 2 aromatic heterocycles. The highest BCUT2D eigenvalue weighted by atomic mass is 19.4. The van der Waals surface area contributed by atoms with Gasteiger partial charge >= 0.3 is 6.18 Å². The maximum absolute atomic E-state index is 13.5. The average Bonchev–Trinajstić information content (AvgIpc) is 3.33. The minimum atomic E-state index is -4.44. The van der Waals surface area contributed by atoms with Gasteiger partial charge in [0.05, 0.1) is 22.9 Å². The minimum Gasteiger partial charge on any atom is -0.464 e. The van der Waals surface area contributed by atoms with Crippen molar-refractivity contribution >= 4 is 27.9 Å². The Kier molecular flexibility index (Phi) is 5.54. The van der Waals surface area contributed by atoms with E-state index in [1.807, 2.05) is 58.0 Å². The molecule has 5 aromatic rings. The first kappa shape index (κ1) is 24.0. The summed E-state index contributed by atoms with van der Waals surface area (Å²) < 4.78 is 48.0. The van der Waals surface area contributed by atoms with Crippen LogP contribution >= 0.6 is 0 Å². The number of fused-ring (bicyclic) bond motifs is 2. The van der Waals surface area contributed by atoms with Gasteiger partial charge in [0.15, 0.2) is 0 Å². The second-order valence-corrected chi connectivity index (χ2v) is 10.7. The Morgan fingerprint density at radius 2 is 1.69 bits per heavy atom. The first-order valence-corrected chi connectivity index (χ1v) is 13.3. The van der Waals surface area contributed by atoms with Gasteiger partial charge in [-0.1, -0.05) is 36.4 Å². The molecule has 8 heteroatoms. The minimum absolute atomic E-state index is 0.182. The molecule has 7 rings (SSSR count). The molecule has 198 valence electrons. The molecule has 0 bridgehead atoms. The van der Waals surface area contributed by atoms with Crippen LogP contribution in [0.25, 0.3) is 44.5 Å². The van der Waals surface area contributed by atoms with Crippen LogP contribution in [0.3, 0.4) is 0 Å². The summed E-state index contributed by atoms with van der Waals surface area (Å²) in [6, 6.07) is 19.6. The Hall–Kier alpha value is -4.07. The molecule has 5 nitrogen and oxygen atoms in total. The van der Waals surface area contributed by atoms with E-state index in [0.29, 0.717) is 29.9 Å². The summed E-state index contributed by atoms with van der Waals surface area (Å²) in [4.78, 5) is 19.2. The predicted molar refractivity (Wildman–Crippen MR) is 143 cm³/mol. The molecular weight excluding hydrogens is 503 g/mol. The van der Waals surface area contributed by atoms with E-state index < -0.39 is 11.7 Å². The number of hydrogen-bond donors (Lipinski definition) is 0. The van der Waals surface area contributed by atoms with Gasteiger partial charge in [-0.15, -0.1) is 0 Å². The highest BCUT2D eigenvalue weighted by Gasteiger charge is 2.37. The van der Waals surface area contributed by atoms with E-state index in [1.54, 1.807) is 6.26 Å². The summed E-state index contributed by atoms with van der Waals surface area (Å²) in [5.74, 6) is 1.27. The van der Waals surface area contributed by atoms with Gasteiger partial charge < -0.3 is 13.9 Å². The fraction of sp³-hybridized carbons (Fsp3) is 0.290. The standard InChI is InChI=1S/C31H26F3N3O2/c32-31(33,34)25-9-10-27-26(16-25)35-29(37(27)18-19-11-13-36(17-19)30(38)23-6-7-23)22-4-1-20(2-5-22)24-8-3-21-12-14-39-28(21)15-24/h1-5,8-10,12,14-16,19,23H,6-7,11,13,17-18H2. The van der Waals surface area contributed by atoms with Crippen LogP contribution in [0.5, 0.6) is 0 Å². The summed E-state index contributed by atoms with van der Waals surface area (Å²) >= 11 is 0. The van der Waals surface area contributed by atoms with Crippen LogP contribution in [-0.2, 0) is 17.5 Å². The van der Waals surface area contributed by atoms with Gasteiger partial charge in [-0.05, 0) is 66.6 Å². The van der Waals surface area contributed by atoms with Crippen molar-refractivity contribution in [2.24, 2.45) is 11.8 Å².